The van der Waals surface area contributed by atoms with Crippen molar-refractivity contribution in [2.45, 2.75) is 25.4 Å². The maximum atomic E-state index is 13.0. The summed E-state index contributed by atoms with van der Waals surface area (Å²) in [7, 11) is 0. The zero-order chi connectivity index (χ0) is 20.2. The first-order valence-corrected chi connectivity index (χ1v) is 9.83. The van der Waals surface area contributed by atoms with Gasteiger partial charge in [-0.05, 0) is 43.0 Å². The summed E-state index contributed by atoms with van der Waals surface area (Å²) < 4.78 is 7.07. The standard InChI is InChI=1S/C21H23N5O3/c22-11-16-2-1-3-17(10-16)21(28)25-13-18-4-7-24-26(18)19(14-25)20(27)23-12-15-5-8-29-9-6-15/h1-4,7,10,15,19H,5-6,8-9,12-14H2,(H,23,27)/t19-/m1/s1. The first-order chi connectivity index (χ1) is 14.2. The van der Waals surface area contributed by atoms with E-state index in [4.69, 9.17) is 10.00 Å². The van der Waals surface area contributed by atoms with Crippen molar-refractivity contribution in [1.29, 1.82) is 5.26 Å². The predicted molar refractivity (Wildman–Crippen MR) is 104 cm³/mol. The molecule has 0 bridgehead atoms. The van der Waals surface area contributed by atoms with E-state index in [9.17, 15) is 9.59 Å². The summed E-state index contributed by atoms with van der Waals surface area (Å²) in [5.41, 5.74) is 1.69. The van der Waals surface area contributed by atoms with E-state index in [1.807, 2.05) is 6.07 Å². The number of aromatic nitrogens is 2. The van der Waals surface area contributed by atoms with E-state index in [0.717, 1.165) is 31.7 Å². The first kappa shape index (κ1) is 19.2. The minimum absolute atomic E-state index is 0.135. The van der Waals surface area contributed by atoms with Crippen LogP contribution in [-0.4, -0.2) is 52.8 Å². The van der Waals surface area contributed by atoms with Crippen LogP contribution in [0.1, 0.15) is 40.5 Å². The van der Waals surface area contributed by atoms with Crippen molar-refractivity contribution in [2.75, 3.05) is 26.3 Å². The summed E-state index contributed by atoms with van der Waals surface area (Å²) >= 11 is 0. The molecular weight excluding hydrogens is 370 g/mol. The Balaban J connectivity index is 1.48. The number of amides is 2. The highest BCUT2D eigenvalue weighted by molar-refractivity contribution is 5.95. The number of carbonyl (C=O) groups is 2. The van der Waals surface area contributed by atoms with Crippen molar-refractivity contribution < 1.29 is 14.3 Å². The molecule has 0 radical (unpaired) electrons. The molecule has 1 fully saturated rings. The lowest BCUT2D eigenvalue weighted by molar-refractivity contribution is -0.126. The average Bonchev–Trinajstić information content (AvgIpc) is 3.25. The largest absolute Gasteiger partial charge is 0.381 e. The lowest BCUT2D eigenvalue weighted by Gasteiger charge is -2.33. The van der Waals surface area contributed by atoms with Crippen LogP contribution < -0.4 is 5.32 Å². The van der Waals surface area contributed by atoms with Gasteiger partial charge in [-0.2, -0.15) is 10.4 Å². The Morgan fingerprint density at radius 1 is 1.28 bits per heavy atom. The molecule has 0 unspecified atom stereocenters. The number of hydrogen-bond acceptors (Lipinski definition) is 5. The summed E-state index contributed by atoms with van der Waals surface area (Å²) in [6, 6.07) is 9.93. The van der Waals surface area contributed by atoms with Gasteiger partial charge < -0.3 is 15.0 Å². The fourth-order valence-electron chi connectivity index (χ4n) is 3.86. The number of nitrogens with one attached hydrogen (secondary N) is 1. The summed E-state index contributed by atoms with van der Waals surface area (Å²) in [6.07, 6.45) is 3.54. The maximum Gasteiger partial charge on any atom is 0.254 e. The Hall–Kier alpha value is -3.18. The van der Waals surface area contributed by atoms with E-state index in [1.165, 1.54) is 0 Å². The van der Waals surface area contributed by atoms with E-state index in [2.05, 4.69) is 16.5 Å². The Labute approximate surface area is 169 Å². The van der Waals surface area contributed by atoms with Gasteiger partial charge in [0.25, 0.3) is 5.91 Å². The van der Waals surface area contributed by atoms with Crippen LogP contribution in [0.4, 0.5) is 0 Å². The first-order valence-electron chi connectivity index (χ1n) is 9.83. The molecule has 0 saturated carbocycles. The summed E-state index contributed by atoms with van der Waals surface area (Å²) in [5, 5.41) is 16.4. The van der Waals surface area contributed by atoms with Gasteiger partial charge in [-0.1, -0.05) is 6.07 Å². The topological polar surface area (TPSA) is 100 Å². The van der Waals surface area contributed by atoms with Crippen LogP contribution in [0.5, 0.6) is 0 Å². The monoisotopic (exact) mass is 393 g/mol. The molecule has 3 heterocycles. The molecular formula is C21H23N5O3. The molecule has 1 N–H and O–H groups in total. The zero-order valence-electron chi connectivity index (χ0n) is 16.1. The second-order valence-electron chi connectivity index (χ2n) is 7.46. The van der Waals surface area contributed by atoms with Gasteiger partial charge in [0.15, 0.2) is 0 Å². The number of hydrogen-bond donors (Lipinski definition) is 1. The maximum absolute atomic E-state index is 13.0. The Morgan fingerprint density at radius 2 is 2.10 bits per heavy atom. The van der Waals surface area contributed by atoms with Gasteiger partial charge in [0.05, 0.1) is 30.4 Å². The molecule has 1 aromatic heterocycles. The van der Waals surface area contributed by atoms with Gasteiger partial charge in [0.1, 0.15) is 6.04 Å². The SMILES string of the molecule is N#Cc1cccc(C(=O)N2Cc3ccnn3[C@@H](C(=O)NCC3CCOCC3)C2)c1. The third-order valence-corrected chi connectivity index (χ3v) is 5.53. The molecule has 1 aromatic carbocycles. The zero-order valence-corrected chi connectivity index (χ0v) is 16.1. The minimum Gasteiger partial charge on any atom is -0.381 e. The van der Waals surface area contributed by atoms with Crippen LogP contribution in [0.25, 0.3) is 0 Å². The summed E-state index contributed by atoms with van der Waals surface area (Å²) in [5.74, 6) is 0.0846. The number of ether oxygens (including phenoxy) is 1. The third kappa shape index (κ3) is 4.15. The molecule has 0 spiro atoms. The summed E-state index contributed by atoms with van der Waals surface area (Å²) in [6.45, 7) is 2.69. The highest BCUT2D eigenvalue weighted by Crippen LogP contribution is 2.23. The molecule has 8 heteroatoms. The fraction of sp³-hybridized carbons (Fsp3) is 0.429. The van der Waals surface area contributed by atoms with Crippen LogP contribution in [0.2, 0.25) is 0 Å². The minimum atomic E-state index is -0.573. The van der Waals surface area contributed by atoms with E-state index >= 15 is 0 Å². The van der Waals surface area contributed by atoms with Gasteiger partial charge in [0.2, 0.25) is 5.91 Å². The van der Waals surface area contributed by atoms with Crippen molar-refractivity contribution in [3.05, 3.63) is 53.3 Å². The number of nitriles is 1. The van der Waals surface area contributed by atoms with Gasteiger partial charge in [-0.15, -0.1) is 0 Å². The third-order valence-electron chi connectivity index (χ3n) is 5.53. The number of rotatable bonds is 4. The number of fused-ring (bicyclic) bond motifs is 1. The molecule has 2 amide bonds. The molecule has 2 aromatic rings. The van der Waals surface area contributed by atoms with Gasteiger partial charge in [-0.3, -0.25) is 14.3 Å². The van der Waals surface area contributed by atoms with Gasteiger partial charge >= 0.3 is 0 Å². The highest BCUT2D eigenvalue weighted by Gasteiger charge is 2.33. The van der Waals surface area contributed by atoms with Crippen LogP contribution in [0.3, 0.4) is 0 Å². The van der Waals surface area contributed by atoms with Gasteiger partial charge in [0, 0.05) is 31.5 Å². The quantitative estimate of drug-likeness (QED) is 0.848. The molecule has 29 heavy (non-hydrogen) atoms. The van der Waals surface area contributed by atoms with Crippen LogP contribution >= 0.6 is 0 Å². The molecule has 1 saturated heterocycles. The number of benzene rings is 1. The van der Waals surface area contributed by atoms with Crippen LogP contribution in [0.15, 0.2) is 36.5 Å². The predicted octanol–water partition coefficient (Wildman–Crippen LogP) is 1.49. The second-order valence-corrected chi connectivity index (χ2v) is 7.46. The Bertz CT molecular complexity index is 942. The molecule has 0 aliphatic carbocycles. The normalized spacial score (nSPS) is 19.3. The fourth-order valence-corrected chi connectivity index (χ4v) is 3.86. The molecule has 2 aliphatic heterocycles. The molecule has 150 valence electrons. The van der Waals surface area contributed by atoms with Crippen molar-refractivity contribution >= 4 is 11.8 Å². The van der Waals surface area contributed by atoms with Gasteiger partial charge in [-0.25, -0.2) is 0 Å². The lowest BCUT2D eigenvalue weighted by Crippen LogP contribution is -2.47. The van der Waals surface area contributed by atoms with Crippen molar-refractivity contribution in [1.82, 2.24) is 20.0 Å². The second kappa shape index (κ2) is 8.45. The number of carbonyl (C=O) groups excluding carboxylic acids is 2. The van der Waals surface area contributed by atoms with Crippen molar-refractivity contribution in [2.24, 2.45) is 5.92 Å². The molecule has 4 rings (SSSR count). The molecule has 1 atom stereocenters. The summed E-state index contributed by atoms with van der Waals surface area (Å²) in [4.78, 5) is 27.6. The van der Waals surface area contributed by atoms with E-state index in [-0.39, 0.29) is 18.4 Å². The van der Waals surface area contributed by atoms with E-state index < -0.39 is 6.04 Å². The van der Waals surface area contributed by atoms with Crippen LogP contribution in [-0.2, 0) is 16.1 Å². The Kier molecular flexibility index (Phi) is 5.58. The average molecular weight is 393 g/mol. The Morgan fingerprint density at radius 3 is 2.90 bits per heavy atom. The number of nitrogens with zero attached hydrogens (tertiary/aromatic N) is 4. The van der Waals surface area contributed by atoms with Crippen molar-refractivity contribution in [3.63, 3.8) is 0 Å². The molecule has 8 nitrogen and oxygen atoms in total. The van der Waals surface area contributed by atoms with Crippen LogP contribution in [0, 0.1) is 17.2 Å². The highest BCUT2D eigenvalue weighted by atomic mass is 16.5. The smallest absolute Gasteiger partial charge is 0.254 e. The lowest BCUT2D eigenvalue weighted by atomic mass is 10.0. The van der Waals surface area contributed by atoms with E-state index in [1.54, 1.807) is 40.0 Å². The molecule has 2 aliphatic rings. The van der Waals surface area contributed by atoms with Crippen molar-refractivity contribution in [3.8, 4) is 6.07 Å². The van der Waals surface area contributed by atoms with E-state index in [0.29, 0.717) is 30.1 Å².